The number of fused-ring (bicyclic) bond motifs is 5. The van der Waals surface area contributed by atoms with Gasteiger partial charge in [0.25, 0.3) is 5.56 Å². The van der Waals surface area contributed by atoms with Crippen LogP contribution in [0, 0.1) is 12.8 Å². The Labute approximate surface area is 395 Å². The van der Waals surface area contributed by atoms with Crippen LogP contribution in [0.1, 0.15) is 125 Å². The average Bonchev–Trinajstić information content (AvgIpc) is 4.09. The van der Waals surface area contributed by atoms with Crippen LogP contribution < -0.4 is 10.9 Å². The highest BCUT2D eigenvalue weighted by Gasteiger charge is 2.43. The number of β-amino-alcohol motifs (C(OH)–C–C–N with tert-alkyl or cyclic N) is 1. The van der Waals surface area contributed by atoms with Crippen LogP contribution in [0.3, 0.4) is 0 Å². The van der Waals surface area contributed by atoms with E-state index in [1.807, 2.05) is 75.8 Å². The van der Waals surface area contributed by atoms with E-state index in [1.165, 1.54) is 16.0 Å². The molecule has 4 atom stereocenters. The van der Waals surface area contributed by atoms with Gasteiger partial charge in [0.15, 0.2) is 0 Å². The van der Waals surface area contributed by atoms with Gasteiger partial charge in [-0.2, -0.15) is 4.98 Å². The number of nitrogens with zero attached hydrogens (tertiary/aromatic N) is 8. The summed E-state index contributed by atoms with van der Waals surface area (Å²) in [5.41, 5.74) is 9.41. The predicted octanol–water partition coefficient (Wildman–Crippen LogP) is 8.33. The molecule has 2 N–H and O–H groups in total. The third-order valence-corrected chi connectivity index (χ3v) is 15.5. The first-order valence-electron chi connectivity index (χ1n) is 23.5. The summed E-state index contributed by atoms with van der Waals surface area (Å²) in [6, 6.07) is 18.8. The maximum Gasteiger partial charge on any atom is 0.282 e. The zero-order valence-corrected chi connectivity index (χ0v) is 40.3. The summed E-state index contributed by atoms with van der Waals surface area (Å²) in [5, 5.41) is 23.6. The van der Waals surface area contributed by atoms with Crippen LogP contribution in [0.5, 0.6) is 0 Å². The van der Waals surface area contributed by atoms with Crippen LogP contribution in [-0.2, 0) is 21.4 Å². The fourth-order valence-electron chi connectivity index (χ4n) is 10.5. The van der Waals surface area contributed by atoms with Crippen molar-refractivity contribution in [2.75, 3.05) is 26.2 Å². The zero-order valence-electron chi connectivity index (χ0n) is 38.7. The van der Waals surface area contributed by atoms with Crippen molar-refractivity contribution in [1.82, 2.24) is 44.6 Å². The molecule has 0 spiro atoms. The number of amides is 2. The molecule has 0 bridgehead atoms. The molecule has 6 heterocycles. The number of piperidine rings is 1. The number of aliphatic hydroxyl groups is 1. The second kappa shape index (κ2) is 18.8. The monoisotopic (exact) mass is 929 g/mol. The number of halogens is 1. The number of carbonyl (C=O) groups is 2. The van der Waals surface area contributed by atoms with Crippen molar-refractivity contribution in [3.63, 3.8) is 0 Å². The van der Waals surface area contributed by atoms with E-state index in [-0.39, 0.29) is 42.3 Å². The fourth-order valence-corrected chi connectivity index (χ4v) is 11.5. The van der Waals surface area contributed by atoms with E-state index in [1.54, 1.807) is 22.1 Å². The molecule has 3 aromatic carbocycles. The average molecular weight is 931 g/mol. The minimum absolute atomic E-state index is 0.0912. The molecule has 13 nitrogen and oxygen atoms in total. The highest BCUT2D eigenvalue weighted by atomic mass is 35.5. The lowest BCUT2D eigenvalue weighted by Gasteiger charge is -2.32. The lowest BCUT2D eigenvalue weighted by atomic mass is 9.83. The maximum atomic E-state index is 14.2. The third kappa shape index (κ3) is 8.85. The number of likely N-dealkylation sites (tertiary alicyclic amines) is 2. The first-order chi connectivity index (χ1) is 31.7. The van der Waals surface area contributed by atoms with Crippen molar-refractivity contribution in [2.24, 2.45) is 5.92 Å². The number of aliphatic hydroxyl groups excluding tert-OH is 1. The quantitative estimate of drug-likeness (QED) is 0.103. The molecule has 3 aliphatic heterocycles. The van der Waals surface area contributed by atoms with E-state index < -0.39 is 23.6 Å². The van der Waals surface area contributed by atoms with Crippen molar-refractivity contribution >= 4 is 45.7 Å². The van der Waals surface area contributed by atoms with E-state index in [4.69, 9.17) is 11.6 Å². The zero-order chi connectivity index (χ0) is 46.4. The third-order valence-electron chi connectivity index (χ3n) is 14.2. The summed E-state index contributed by atoms with van der Waals surface area (Å²) in [6.07, 6.45) is 7.33. The van der Waals surface area contributed by atoms with Gasteiger partial charge in [-0.05, 0) is 132 Å². The van der Waals surface area contributed by atoms with E-state index >= 15 is 0 Å². The largest absolute Gasteiger partial charge is 0.391 e. The van der Waals surface area contributed by atoms with Crippen LogP contribution in [0.2, 0.25) is 5.02 Å². The first kappa shape index (κ1) is 45.9. The number of nitrogens with one attached hydrogen (secondary N) is 1. The van der Waals surface area contributed by atoms with Gasteiger partial charge in [0.1, 0.15) is 17.9 Å². The van der Waals surface area contributed by atoms with Gasteiger partial charge < -0.3 is 20.2 Å². The summed E-state index contributed by atoms with van der Waals surface area (Å²) in [5.74, 6) is 0.577. The molecule has 66 heavy (non-hydrogen) atoms. The Morgan fingerprint density at radius 1 is 1.02 bits per heavy atom. The Morgan fingerprint density at radius 3 is 2.52 bits per heavy atom. The second-order valence-electron chi connectivity index (χ2n) is 19.4. The Balaban J connectivity index is 0.752. The summed E-state index contributed by atoms with van der Waals surface area (Å²) in [6.45, 7) is 15.4. The number of rotatable bonds is 14. The van der Waals surface area contributed by atoms with Crippen molar-refractivity contribution in [1.29, 1.82) is 0 Å². The van der Waals surface area contributed by atoms with E-state index in [9.17, 15) is 19.5 Å². The normalized spacial score (nSPS) is 19.3. The Bertz CT molecular complexity index is 2810. The van der Waals surface area contributed by atoms with Gasteiger partial charge in [0, 0.05) is 19.2 Å². The molecule has 6 aromatic rings. The highest BCUT2D eigenvalue weighted by Crippen LogP contribution is 2.45. The number of unbranched alkanes of at least 4 members (excludes halogenated alkanes) is 2. The molecule has 9 rings (SSSR count). The molecular weight excluding hydrogens is 870 g/mol. The van der Waals surface area contributed by atoms with Crippen molar-refractivity contribution in [3.8, 4) is 16.1 Å². The second-order valence-corrected chi connectivity index (χ2v) is 20.7. The summed E-state index contributed by atoms with van der Waals surface area (Å²) >= 11 is 8.12. The van der Waals surface area contributed by atoms with Gasteiger partial charge in [-0.15, -0.1) is 16.4 Å². The Kier molecular flexibility index (Phi) is 13.0. The van der Waals surface area contributed by atoms with E-state index in [2.05, 4.69) is 67.1 Å². The molecule has 3 aromatic heterocycles. The first-order valence-corrected chi connectivity index (χ1v) is 24.7. The Morgan fingerprint density at radius 2 is 1.79 bits per heavy atom. The van der Waals surface area contributed by atoms with Gasteiger partial charge in [-0.3, -0.25) is 19.0 Å². The molecule has 0 saturated carbocycles. The van der Waals surface area contributed by atoms with Crippen molar-refractivity contribution in [2.45, 2.75) is 122 Å². The van der Waals surface area contributed by atoms with Crippen LogP contribution in [0.15, 0.2) is 77.2 Å². The van der Waals surface area contributed by atoms with Crippen LogP contribution in [0.4, 0.5) is 0 Å². The molecule has 2 fully saturated rings. The molecule has 3 aliphatic rings. The van der Waals surface area contributed by atoms with Crippen molar-refractivity contribution in [3.05, 3.63) is 122 Å². The lowest BCUT2D eigenvalue weighted by Crippen LogP contribution is -2.49. The maximum absolute atomic E-state index is 14.2. The molecule has 0 radical (unpaired) electrons. The molecule has 346 valence electrons. The van der Waals surface area contributed by atoms with Crippen LogP contribution in [-0.4, -0.2) is 94.6 Å². The summed E-state index contributed by atoms with van der Waals surface area (Å²) in [4.78, 5) is 55.2. The van der Waals surface area contributed by atoms with Crippen molar-refractivity contribution < 1.29 is 14.7 Å². The number of aromatic nitrogens is 6. The topological polar surface area (TPSA) is 151 Å². The van der Waals surface area contributed by atoms with Gasteiger partial charge in [0.2, 0.25) is 11.8 Å². The molecule has 0 aliphatic carbocycles. The molecule has 15 heteroatoms. The number of hydrogen-bond acceptors (Lipinski definition) is 10. The molecule has 0 unspecified atom stereocenters. The smallest absolute Gasteiger partial charge is 0.282 e. The predicted molar refractivity (Wildman–Crippen MR) is 259 cm³/mol. The Hall–Kier alpha value is -5.28. The van der Waals surface area contributed by atoms with Gasteiger partial charge in [-0.25, -0.2) is 9.67 Å². The summed E-state index contributed by atoms with van der Waals surface area (Å²) < 4.78 is 3.80. The number of thiazole rings is 1. The van der Waals surface area contributed by atoms with E-state index in [0.29, 0.717) is 16.3 Å². The standard InChI is InChI=1S/C51H60ClN9O4S/c1-30(2)45(49(65)59-28-38(62)26-43(59)47(63)54-31(3)33-14-16-35(17-15-33)46-32(4)53-29-66-46)60-27-37(56-57-60)11-8-7-9-22-58-23-20-34(21-24-58)36-18-19-39-42(25-36)61-41-13-10-12-40(52)44(41)48(64)55-50(61)51(39,5)6/h10,12-19,25,27,29-31,34,38,43,45,62H,7-9,11,20-24,26,28H2,1-6H3,(H,54,63)/t31-,38+,43-,45-/m0/s1. The fraction of sp³-hybridized carbons (Fsp3) is 0.471. The molecular formula is C51H60ClN9O4S. The highest BCUT2D eigenvalue weighted by molar-refractivity contribution is 7.13. The minimum Gasteiger partial charge on any atom is -0.391 e. The lowest BCUT2D eigenvalue weighted by molar-refractivity contribution is -0.142. The minimum atomic E-state index is -0.793. The number of aryl methyl sites for hydroxylation is 2. The van der Waals surface area contributed by atoms with Crippen LogP contribution in [0.25, 0.3) is 27.0 Å². The molecule has 2 amide bonds. The number of hydrogen-bond donors (Lipinski definition) is 2. The molecule has 2 saturated heterocycles. The number of benzene rings is 3. The van der Waals surface area contributed by atoms with Gasteiger partial charge in [-0.1, -0.05) is 79.5 Å². The SMILES string of the molecule is Cc1ncsc1-c1ccc([C@H](C)NC(=O)[C@@H]2C[C@@H](O)CN2C(=O)[C@H](C(C)C)n2cc(CCCCCN3CCC(c4ccc5c(c4)-n4c(nc(=O)c6c(Cl)cccc64)C5(C)C)CC3)nn2)cc1. The number of carbonyl (C=O) groups excluding carboxylic acids is 2. The van der Waals surface area contributed by atoms with Gasteiger partial charge >= 0.3 is 0 Å². The van der Waals surface area contributed by atoms with E-state index in [0.717, 1.165) is 103 Å². The van der Waals surface area contributed by atoms with Crippen LogP contribution >= 0.6 is 22.9 Å². The summed E-state index contributed by atoms with van der Waals surface area (Å²) in [7, 11) is 0. The van der Waals surface area contributed by atoms with Gasteiger partial charge in [0.05, 0.1) is 60.9 Å².